The van der Waals surface area contributed by atoms with Gasteiger partial charge in [-0.3, -0.25) is 19.5 Å². The average molecular weight is 515 g/mol. The van der Waals surface area contributed by atoms with Gasteiger partial charge in [-0.1, -0.05) is 19.1 Å². The van der Waals surface area contributed by atoms with Crippen molar-refractivity contribution < 1.29 is 9.59 Å². The van der Waals surface area contributed by atoms with E-state index in [9.17, 15) is 9.59 Å². The third kappa shape index (κ3) is 4.62. The van der Waals surface area contributed by atoms with Gasteiger partial charge in [0.15, 0.2) is 5.96 Å². The largest absolute Gasteiger partial charge is 0.355 e. The molecule has 0 spiro atoms. The molecule has 0 aromatic carbocycles. The second kappa shape index (κ2) is 9.76. The van der Waals surface area contributed by atoms with E-state index in [1.54, 1.807) is 7.05 Å². The maximum absolute atomic E-state index is 12.7. The molecule has 4 atom stereocenters. The number of carbonyl (C=O) groups is 2. The number of hydrogen-bond acceptors (Lipinski definition) is 4. The summed E-state index contributed by atoms with van der Waals surface area (Å²) in [5.74, 6) is 1.96. The van der Waals surface area contributed by atoms with Crippen LogP contribution in [0.3, 0.4) is 0 Å². The van der Waals surface area contributed by atoms with Crippen LogP contribution in [0.1, 0.15) is 26.2 Å². The molecule has 4 unspecified atom stereocenters. The fourth-order valence-corrected chi connectivity index (χ4v) is 5.31. The van der Waals surface area contributed by atoms with Crippen LogP contribution in [-0.4, -0.2) is 73.9 Å². The highest BCUT2D eigenvalue weighted by atomic mass is 127. The number of aliphatic imine (C=N–C) groups is 1. The number of halogens is 1. The Labute approximate surface area is 190 Å². The molecule has 2 heterocycles. The standard InChI is InChI=1S/C21H33N5O2.HI/c1-14-5-9-25(10-6-14)11-7-23-21(22-2)24-8-12-26-19(27)17-15-3-4-16(13-15)18(17)20(26)28;/h3-4,14-18H,5-13H2,1-2H3,(H2,22,23,24);1H. The first kappa shape index (κ1) is 22.5. The van der Waals surface area contributed by atoms with Gasteiger partial charge in [-0.05, 0) is 50.1 Å². The lowest BCUT2D eigenvalue weighted by Gasteiger charge is -2.30. The Morgan fingerprint density at radius 3 is 2.14 bits per heavy atom. The summed E-state index contributed by atoms with van der Waals surface area (Å²) >= 11 is 0. The van der Waals surface area contributed by atoms with Gasteiger partial charge in [0.05, 0.1) is 11.8 Å². The Kier molecular flexibility index (Phi) is 7.58. The number of imide groups is 1. The molecule has 4 aliphatic rings. The van der Waals surface area contributed by atoms with E-state index in [0.29, 0.717) is 13.1 Å². The fraction of sp³-hybridized carbons (Fsp3) is 0.762. The molecular weight excluding hydrogens is 481 g/mol. The smallest absolute Gasteiger partial charge is 0.233 e. The molecule has 0 radical (unpaired) electrons. The predicted octanol–water partition coefficient (Wildman–Crippen LogP) is 1.31. The van der Waals surface area contributed by atoms with E-state index in [1.807, 2.05) is 0 Å². The Morgan fingerprint density at radius 1 is 1.03 bits per heavy atom. The summed E-state index contributed by atoms with van der Waals surface area (Å²) in [5, 5.41) is 6.58. The Hall–Kier alpha value is -1.16. The second-order valence-corrected chi connectivity index (χ2v) is 8.78. The van der Waals surface area contributed by atoms with E-state index in [-0.39, 0.29) is 59.5 Å². The van der Waals surface area contributed by atoms with Crippen LogP contribution < -0.4 is 10.6 Å². The van der Waals surface area contributed by atoms with Crippen LogP contribution in [0.2, 0.25) is 0 Å². The van der Waals surface area contributed by atoms with Gasteiger partial charge < -0.3 is 15.5 Å². The number of rotatable bonds is 6. The van der Waals surface area contributed by atoms with E-state index in [2.05, 4.69) is 39.6 Å². The highest BCUT2D eigenvalue weighted by Crippen LogP contribution is 2.52. The highest BCUT2D eigenvalue weighted by molar-refractivity contribution is 14.0. The molecule has 4 rings (SSSR count). The highest BCUT2D eigenvalue weighted by Gasteiger charge is 2.58. The minimum absolute atomic E-state index is 0. The van der Waals surface area contributed by atoms with Crippen molar-refractivity contribution in [2.45, 2.75) is 26.2 Å². The molecule has 0 aromatic heterocycles. The van der Waals surface area contributed by atoms with Crippen molar-refractivity contribution in [1.29, 1.82) is 0 Å². The molecule has 29 heavy (non-hydrogen) atoms. The normalized spacial score (nSPS) is 31.9. The van der Waals surface area contributed by atoms with E-state index in [4.69, 9.17) is 0 Å². The van der Waals surface area contributed by atoms with E-state index < -0.39 is 0 Å². The number of hydrogen-bond donors (Lipinski definition) is 2. The molecule has 1 saturated carbocycles. The fourth-order valence-electron chi connectivity index (χ4n) is 5.31. The second-order valence-electron chi connectivity index (χ2n) is 8.78. The van der Waals surface area contributed by atoms with Gasteiger partial charge in [0, 0.05) is 33.2 Å². The number of piperidine rings is 1. The zero-order chi connectivity index (χ0) is 19.7. The molecule has 0 aromatic rings. The van der Waals surface area contributed by atoms with E-state index >= 15 is 0 Å². The summed E-state index contributed by atoms with van der Waals surface area (Å²) in [6.45, 7) is 7.46. The first-order valence-corrected chi connectivity index (χ1v) is 10.8. The number of nitrogens with zero attached hydrogens (tertiary/aromatic N) is 3. The summed E-state index contributed by atoms with van der Waals surface area (Å²) in [4.78, 5) is 33.6. The Balaban J connectivity index is 0.00000240. The van der Waals surface area contributed by atoms with Crippen LogP contribution in [0.5, 0.6) is 0 Å². The average Bonchev–Trinajstić information content (AvgIpc) is 3.37. The van der Waals surface area contributed by atoms with Gasteiger partial charge in [0.1, 0.15) is 0 Å². The van der Waals surface area contributed by atoms with Crippen molar-refractivity contribution in [1.82, 2.24) is 20.4 Å². The number of carbonyl (C=O) groups excluding carboxylic acids is 2. The zero-order valence-corrected chi connectivity index (χ0v) is 19.8. The van der Waals surface area contributed by atoms with Gasteiger partial charge in [-0.25, -0.2) is 0 Å². The van der Waals surface area contributed by atoms with Crippen molar-refractivity contribution >= 4 is 41.8 Å². The molecule has 2 saturated heterocycles. The summed E-state index contributed by atoms with van der Waals surface area (Å²) in [6, 6.07) is 0. The number of nitrogens with one attached hydrogen (secondary N) is 2. The van der Waals surface area contributed by atoms with Crippen molar-refractivity contribution in [3.63, 3.8) is 0 Å². The van der Waals surface area contributed by atoms with Crippen LogP contribution in [0.25, 0.3) is 0 Å². The van der Waals surface area contributed by atoms with Crippen molar-refractivity contribution in [3.8, 4) is 0 Å². The van der Waals surface area contributed by atoms with Crippen molar-refractivity contribution in [2.24, 2.45) is 34.6 Å². The van der Waals surface area contributed by atoms with Crippen LogP contribution in [0.15, 0.2) is 17.1 Å². The van der Waals surface area contributed by atoms with E-state index in [1.165, 1.54) is 30.8 Å². The molecule has 2 aliphatic heterocycles. The number of amides is 2. The molecule has 7 nitrogen and oxygen atoms in total. The monoisotopic (exact) mass is 515 g/mol. The van der Waals surface area contributed by atoms with Gasteiger partial charge in [0.2, 0.25) is 11.8 Å². The number of guanidine groups is 1. The van der Waals surface area contributed by atoms with Crippen LogP contribution >= 0.6 is 24.0 Å². The van der Waals surface area contributed by atoms with Crippen molar-refractivity contribution in [2.75, 3.05) is 46.3 Å². The first-order chi connectivity index (χ1) is 13.6. The Bertz CT molecular complexity index is 644. The van der Waals surface area contributed by atoms with Gasteiger partial charge in [-0.2, -0.15) is 0 Å². The molecular formula is C21H34IN5O2. The summed E-state index contributed by atoms with van der Waals surface area (Å²) in [7, 11) is 1.75. The quantitative estimate of drug-likeness (QED) is 0.184. The number of fused-ring (bicyclic) bond motifs is 5. The molecule has 2 N–H and O–H groups in total. The summed E-state index contributed by atoms with van der Waals surface area (Å²) < 4.78 is 0. The molecule has 2 bridgehead atoms. The SMILES string of the molecule is CN=C(NCCN1CCC(C)CC1)NCCN1C(=O)C2C3C=CC(C3)C2C1=O.I. The molecule has 2 amide bonds. The zero-order valence-electron chi connectivity index (χ0n) is 17.5. The Morgan fingerprint density at radius 2 is 1.59 bits per heavy atom. The topological polar surface area (TPSA) is 77.0 Å². The van der Waals surface area contributed by atoms with E-state index in [0.717, 1.165) is 31.4 Å². The van der Waals surface area contributed by atoms with Gasteiger partial charge in [0.25, 0.3) is 0 Å². The lowest BCUT2D eigenvalue weighted by molar-refractivity contribution is -0.140. The van der Waals surface area contributed by atoms with Crippen LogP contribution in [0.4, 0.5) is 0 Å². The van der Waals surface area contributed by atoms with Crippen LogP contribution in [-0.2, 0) is 9.59 Å². The van der Waals surface area contributed by atoms with Crippen LogP contribution in [0, 0.1) is 29.6 Å². The minimum atomic E-state index is -0.104. The maximum atomic E-state index is 12.7. The molecule has 162 valence electrons. The van der Waals surface area contributed by atoms with Gasteiger partial charge >= 0.3 is 0 Å². The van der Waals surface area contributed by atoms with Gasteiger partial charge in [-0.15, -0.1) is 24.0 Å². The number of likely N-dealkylation sites (tertiary alicyclic amines) is 2. The van der Waals surface area contributed by atoms with Crippen molar-refractivity contribution in [3.05, 3.63) is 12.2 Å². The summed E-state index contributed by atoms with van der Waals surface area (Å²) in [6.07, 6.45) is 7.81. The predicted molar refractivity (Wildman–Crippen MR) is 124 cm³/mol. The molecule has 8 heteroatoms. The first-order valence-electron chi connectivity index (χ1n) is 10.8. The maximum Gasteiger partial charge on any atom is 0.233 e. The third-order valence-corrected chi connectivity index (χ3v) is 7.01. The lowest BCUT2D eigenvalue weighted by Crippen LogP contribution is -2.46. The number of allylic oxidation sites excluding steroid dienone is 2. The third-order valence-electron chi connectivity index (χ3n) is 7.01. The molecule has 2 aliphatic carbocycles. The summed E-state index contributed by atoms with van der Waals surface area (Å²) in [5.41, 5.74) is 0. The minimum Gasteiger partial charge on any atom is -0.355 e. The lowest BCUT2D eigenvalue weighted by atomic mass is 9.85. The molecule has 3 fully saturated rings.